The van der Waals surface area contributed by atoms with Crippen LogP contribution in [0.5, 0.6) is 5.75 Å². The third-order valence-corrected chi connectivity index (χ3v) is 7.92. The normalized spacial score (nSPS) is 18.4. The van der Waals surface area contributed by atoms with E-state index in [1.165, 1.54) is 18.5 Å². The first-order valence-electron chi connectivity index (χ1n) is 13.0. The number of rotatable bonds is 15. The van der Waals surface area contributed by atoms with Gasteiger partial charge in [-0.1, -0.05) is 17.3 Å². The fourth-order valence-corrected chi connectivity index (χ4v) is 5.38. The smallest absolute Gasteiger partial charge is 0.362 e. The molecule has 0 aliphatic carbocycles. The summed E-state index contributed by atoms with van der Waals surface area (Å²) < 4.78 is 39.6. The van der Waals surface area contributed by atoms with Gasteiger partial charge in [-0.05, 0) is 31.2 Å². The van der Waals surface area contributed by atoms with Crippen molar-refractivity contribution in [2.75, 3.05) is 32.5 Å². The molecule has 1 aromatic heterocycles. The molecule has 9 N–H and O–H groups in total. The molecule has 1 aromatic carbocycles. The van der Waals surface area contributed by atoms with Gasteiger partial charge in [0.25, 0.3) is 17.9 Å². The van der Waals surface area contributed by atoms with E-state index in [-0.39, 0.29) is 15.1 Å². The number of aromatic nitrogens is 1. The molecule has 2 amide bonds. The molecule has 3 atom stereocenters. The van der Waals surface area contributed by atoms with Crippen molar-refractivity contribution >= 4 is 62.1 Å². The van der Waals surface area contributed by atoms with E-state index in [1.807, 2.05) is 17.8 Å². The van der Waals surface area contributed by atoms with Crippen LogP contribution >= 0.6 is 11.3 Å². The second-order valence-corrected chi connectivity index (χ2v) is 11.6. The van der Waals surface area contributed by atoms with E-state index in [1.54, 1.807) is 24.3 Å². The molecule has 2 heterocycles. The Morgan fingerprint density at radius 2 is 2.00 bits per heavy atom. The standard InChI is InChI=1S/C25H32N8O9S2/c1-14-20(23(35)33(14)44(38,39)40)30-22(34)21(18-13-43-25(28)29-18)31-42-19(24(36)37)12-41-17-6-4-15(5-7-17)16(10-27)11-32(2)9-3-8-26/h4-7,10-11,13-14,19-20,27H,3,8-9,12,26H2,1-2H3,(H5,28,29,30,34,36,37,38,39,40)/p+1/b31-21-/t14-,19-,20-/m0/s1. The third kappa shape index (κ3) is 8.49. The quantitative estimate of drug-likeness (QED) is 0.0437. The van der Waals surface area contributed by atoms with Crippen LogP contribution in [0.3, 0.4) is 0 Å². The van der Waals surface area contributed by atoms with Crippen LogP contribution in [-0.4, -0.2) is 107 Å². The summed E-state index contributed by atoms with van der Waals surface area (Å²) in [6.45, 7) is 2.08. The number of anilines is 1. The number of β-lactam (4-membered cyclic amide) rings is 1. The van der Waals surface area contributed by atoms with Crippen LogP contribution < -0.4 is 27.3 Å². The summed E-state index contributed by atoms with van der Waals surface area (Å²) in [4.78, 5) is 46.2. The van der Waals surface area contributed by atoms with Gasteiger partial charge in [0.1, 0.15) is 37.7 Å². The summed E-state index contributed by atoms with van der Waals surface area (Å²) >= 11 is 0.953. The minimum absolute atomic E-state index is 0.0557. The third-order valence-electron chi connectivity index (χ3n) is 6.24. The molecule has 2 aromatic rings. The Labute approximate surface area is 256 Å². The zero-order chi connectivity index (χ0) is 32.6. The maximum absolute atomic E-state index is 13.0. The zero-order valence-corrected chi connectivity index (χ0v) is 25.3. The lowest BCUT2D eigenvalue weighted by Crippen LogP contribution is -2.71. The molecule has 0 unspecified atom stereocenters. The highest BCUT2D eigenvalue weighted by Gasteiger charge is 2.51. The van der Waals surface area contributed by atoms with Crippen molar-refractivity contribution in [3.05, 3.63) is 47.1 Å². The Balaban J connectivity index is 1.71. The molecular weight excluding hydrogens is 620 g/mol. The van der Waals surface area contributed by atoms with Crippen LogP contribution in [0.1, 0.15) is 24.6 Å². The van der Waals surface area contributed by atoms with E-state index in [9.17, 15) is 32.5 Å². The largest absolute Gasteiger partial charge is 0.489 e. The van der Waals surface area contributed by atoms with Gasteiger partial charge in [0, 0.05) is 18.0 Å². The number of benzene rings is 1. The first-order chi connectivity index (χ1) is 20.8. The van der Waals surface area contributed by atoms with Gasteiger partial charge in [-0.2, -0.15) is 8.42 Å². The van der Waals surface area contributed by atoms with Crippen molar-refractivity contribution in [1.29, 1.82) is 0 Å². The SMILES string of the molecule is C[C@H]1[C@H](NC(=O)/C(=N\O[C@@H](COc2ccc(C(=CN)C=[N+](C)CCCN)cc2)C(=O)O)c2csc(N)n2)C(=O)N1S(=O)(=O)O. The lowest BCUT2D eigenvalue weighted by atomic mass is 10.0. The van der Waals surface area contributed by atoms with Crippen molar-refractivity contribution in [1.82, 2.24) is 14.6 Å². The van der Waals surface area contributed by atoms with Crippen molar-refractivity contribution in [2.45, 2.75) is 31.5 Å². The van der Waals surface area contributed by atoms with Gasteiger partial charge in [0.05, 0.1) is 11.6 Å². The summed E-state index contributed by atoms with van der Waals surface area (Å²) in [6, 6.07) is 4.25. The van der Waals surface area contributed by atoms with Gasteiger partial charge >= 0.3 is 16.3 Å². The minimum atomic E-state index is -4.82. The highest BCUT2D eigenvalue weighted by atomic mass is 32.2. The average molecular weight is 654 g/mol. The minimum Gasteiger partial charge on any atom is -0.489 e. The van der Waals surface area contributed by atoms with Gasteiger partial charge in [0.2, 0.25) is 0 Å². The van der Waals surface area contributed by atoms with E-state index in [2.05, 4.69) is 15.5 Å². The van der Waals surface area contributed by atoms with Gasteiger partial charge in [0.15, 0.2) is 17.1 Å². The van der Waals surface area contributed by atoms with Crippen LogP contribution in [0.15, 0.2) is 41.0 Å². The van der Waals surface area contributed by atoms with E-state index >= 15 is 0 Å². The van der Waals surface area contributed by atoms with Crippen LogP contribution in [0.25, 0.3) is 5.57 Å². The number of carboxylic acids is 1. The average Bonchev–Trinajstić information content (AvgIpc) is 3.40. The Morgan fingerprint density at radius 1 is 1.32 bits per heavy atom. The molecular formula is C25H33N8O9S2+. The number of oxime groups is 1. The summed E-state index contributed by atoms with van der Waals surface area (Å²) in [5.74, 6) is -3.27. The number of hydrogen-bond acceptors (Lipinski definition) is 13. The number of thiazole rings is 1. The predicted molar refractivity (Wildman–Crippen MR) is 160 cm³/mol. The Hall–Kier alpha value is -4.59. The topological polar surface area (TPSA) is 266 Å². The number of nitrogens with zero attached hydrogens (tertiary/aromatic N) is 4. The molecule has 3 rings (SSSR count). The zero-order valence-electron chi connectivity index (χ0n) is 23.7. The van der Waals surface area contributed by atoms with Gasteiger partial charge in [-0.25, -0.2) is 18.7 Å². The predicted octanol–water partition coefficient (Wildman–Crippen LogP) is -1.14. The molecule has 0 bridgehead atoms. The van der Waals surface area contributed by atoms with Crippen molar-refractivity contribution < 1.29 is 46.6 Å². The van der Waals surface area contributed by atoms with Gasteiger partial charge in [-0.3, -0.25) is 14.1 Å². The number of amides is 2. The number of carbonyl (C=O) groups is 3. The second kappa shape index (κ2) is 14.7. The number of carbonyl (C=O) groups excluding carboxylic acids is 2. The number of nitrogens with two attached hydrogens (primary N) is 3. The Kier molecular flexibility index (Phi) is 11.4. The molecule has 0 spiro atoms. The van der Waals surface area contributed by atoms with Crippen molar-refractivity contribution in [2.24, 2.45) is 16.6 Å². The molecule has 0 radical (unpaired) electrons. The number of ether oxygens (including phenoxy) is 1. The van der Waals surface area contributed by atoms with E-state index < -0.39 is 58.6 Å². The molecule has 17 nitrogen and oxygen atoms in total. The molecule has 1 aliphatic heterocycles. The monoisotopic (exact) mass is 653 g/mol. The number of aliphatic carboxylic acids is 1. The van der Waals surface area contributed by atoms with E-state index in [4.69, 9.17) is 26.8 Å². The maximum atomic E-state index is 13.0. The second-order valence-electron chi connectivity index (χ2n) is 9.46. The van der Waals surface area contributed by atoms with Gasteiger partial charge < -0.3 is 37.2 Å². The first kappa shape index (κ1) is 33.9. The van der Waals surface area contributed by atoms with E-state index in [0.717, 1.165) is 35.4 Å². The first-order valence-corrected chi connectivity index (χ1v) is 15.2. The van der Waals surface area contributed by atoms with Crippen LogP contribution in [-0.2, 0) is 29.5 Å². The number of hydrogen-bond donors (Lipinski definition) is 6. The highest BCUT2D eigenvalue weighted by Crippen LogP contribution is 2.23. The number of allylic oxidation sites excluding steroid dienone is 1. The summed E-state index contributed by atoms with van der Waals surface area (Å²) in [7, 11) is -2.93. The number of carboxylic acid groups (broad SMARTS) is 1. The molecule has 238 valence electrons. The molecule has 1 aliphatic rings. The van der Waals surface area contributed by atoms with Crippen molar-refractivity contribution in [3.63, 3.8) is 0 Å². The fraction of sp³-hybridized carbons (Fsp3) is 0.360. The Bertz CT molecular complexity index is 1570. The molecule has 19 heteroatoms. The molecule has 44 heavy (non-hydrogen) atoms. The van der Waals surface area contributed by atoms with Gasteiger partial charge in [-0.15, -0.1) is 11.3 Å². The van der Waals surface area contributed by atoms with Crippen LogP contribution in [0.4, 0.5) is 5.13 Å². The van der Waals surface area contributed by atoms with Crippen LogP contribution in [0.2, 0.25) is 0 Å². The van der Waals surface area contributed by atoms with Crippen LogP contribution in [0, 0.1) is 0 Å². The molecule has 1 saturated heterocycles. The summed E-state index contributed by atoms with van der Waals surface area (Å²) in [6.07, 6.45) is 2.45. The molecule has 0 saturated carbocycles. The van der Waals surface area contributed by atoms with Crippen molar-refractivity contribution in [3.8, 4) is 5.75 Å². The maximum Gasteiger partial charge on any atom is 0.362 e. The fourth-order valence-electron chi connectivity index (χ4n) is 3.95. The highest BCUT2D eigenvalue weighted by molar-refractivity contribution is 7.84. The van der Waals surface area contributed by atoms with E-state index in [0.29, 0.717) is 12.3 Å². The number of nitrogen functional groups attached to an aromatic ring is 1. The summed E-state index contributed by atoms with van der Waals surface area (Å²) in [5, 5.41) is 17.0. The lowest BCUT2D eigenvalue weighted by Gasteiger charge is -2.42. The number of nitrogens with one attached hydrogen (secondary N) is 1. The molecule has 1 fully saturated rings. The lowest BCUT2D eigenvalue weighted by molar-refractivity contribution is -0.491. The Morgan fingerprint density at radius 3 is 2.52 bits per heavy atom. The summed E-state index contributed by atoms with van der Waals surface area (Å²) in [5.41, 5.74) is 17.9.